The molecule has 0 saturated heterocycles. The highest BCUT2D eigenvalue weighted by atomic mass is 16.5. The highest BCUT2D eigenvalue weighted by molar-refractivity contribution is 5.28. The highest BCUT2D eigenvalue weighted by Crippen LogP contribution is 2.05. The summed E-state index contributed by atoms with van der Waals surface area (Å²) in [5.74, 6) is 0.499. The third-order valence-electron chi connectivity index (χ3n) is 1.23. The number of nitriles is 1. The Balaban J connectivity index is 2.60. The topological polar surface area (TPSA) is 71.9 Å². The maximum atomic E-state index is 8.45. The second kappa shape index (κ2) is 4.31. The lowest BCUT2D eigenvalue weighted by molar-refractivity contribution is 0.315. The zero-order chi connectivity index (χ0) is 8.81. The minimum absolute atomic E-state index is 0.443. The van der Waals surface area contributed by atoms with Crippen molar-refractivity contribution in [3.63, 3.8) is 0 Å². The molecule has 4 heteroatoms. The first-order valence-corrected chi connectivity index (χ1v) is 3.56. The zero-order valence-corrected chi connectivity index (χ0v) is 6.53. The number of ether oxygens (including phenoxy) is 1. The van der Waals surface area contributed by atoms with E-state index in [2.05, 4.69) is 4.98 Å². The normalized spacial score (nSPS) is 9.00. The molecule has 1 rings (SSSR count). The first-order chi connectivity index (χ1) is 5.86. The molecule has 0 unspecified atom stereocenters. The van der Waals surface area contributed by atoms with Crippen molar-refractivity contribution in [2.24, 2.45) is 5.73 Å². The predicted octanol–water partition coefficient (Wildman–Crippen LogP) is 0.291. The van der Waals surface area contributed by atoms with Crippen LogP contribution >= 0.6 is 0 Å². The lowest BCUT2D eigenvalue weighted by Crippen LogP contribution is -2.11. The van der Waals surface area contributed by atoms with Crippen molar-refractivity contribution in [2.75, 3.05) is 13.2 Å². The van der Waals surface area contributed by atoms with Gasteiger partial charge >= 0.3 is 0 Å². The standard InChI is InChI=1S/C8H9N3O/c9-3-4-12-8-2-1-7(5-10)6-11-8/h1-2,6H,3-4,9H2. The zero-order valence-electron chi connectivity index (χ0n) is 6.53. The van der Waals surface area contributed by atoms with Gasteiger partial charge < -0.3 is 10.5 Å². The van der Waals surface area contributed by atoms with Gasteiger partial charge in [0.2, 0.25) is 5.88 Å². The molecule has 1 aromatic heterocycles. The molecule has 0 atom stereocenters. The number of pyridine rings is 1. The molecule has 2 N–H and O–H groups in total. The molecule has 0 aromatic carbocycles. The van der Waals surface area contributed by atoms with Crippen molar-refractivity contribution in [3.05, 3.63) is 23.9 Å². The van der Waals surface area contributed by atoms with Gasteiger partial charge in [-0.05, 0) is 6.07 Å². The van der Waals surface area contributed by atoms with Gasteiger partial charge in [0.25, 0.3) is 0 Å². The van der Waals surface area contributed by atoms with Crippen LogP contribution in [0.15, 0.2) is 18.3 Å². The van der Waals surface area contributed by atoms with E-state index >= 15 is 0 Å². The van der Waals surface area contributed by atoms with Gasteiger partial charge in [-0.1, -0.05) is 0 Å². The lowest BCUT2D eigenvalue weighted by atomic mass is 10.3. The summed E-state index contributed by atoms with van der Waals surface area (Å²) < 4.78 is 5.11. The van der Waals surface area contributed by atoms with Crippen LogP contribution in [-0.4, -0.2) is 18.1 Å². The predicted molar refractivity (Wildman–Crippen MR) is 43.5 cm³/mol. The van der Waals surface area contributed by atoms with Crippen LogP contribution < -0.4 is 10.5 Å². The quantitative estimate of drug-likeness (QED) is 0.695. The molecule has 4 nitrogen and oxygen atoms in total. The van der Waals surface area contributed by atoms with Crippen LogP contribution in [0.2, 0.25) is 0 Å². The lowest BCUT2D eigenvalue weighted by Gasteiger charge is -2.01. The van der Waals surface area contributed by atoms with Crippen molar-refractivity contribution >= 4 is 0 Å². The molecular formula is C8H9N3O. The molecule has 1 aromatic rings. The van der Waals surface area contributed by atoms with Gasteiger partial charge in [-0.15, -0.1) is 0 Å². The van der Waals surface area contributed by atoms with Crippen molar-refractivity contribution in [1.82, 2.24) is 4.98 Å². The number of rotatable bonds is 3. The Bertz CT molecular complexity index is 275. The molecule has 0 radical (unpaired) electrons. The van der Waals surface area contributed by atoms with Crippen LogP contribution in [-0.2, 0) is 0 Å². The number of hydrogen-bond acceptors (Lipinski definition) is 4. The average molecular weight is 163 g/mol. The maximum Gasteiger partial charge on any atom is 0.213 e. The van der Waals surface area contributed by atoms with Crippen molar-refractivity contribution in [1.29, 1.82) is 5.26 Å². The first kappa shape index (κ1) is 8.50. The fraction of sp³-hybridized carbons (Fsp3) is 0.250. The largest absolute Gasteiger partial charge is 0.476 e. The molecule has 62 valence electrons. The highest BCUT2D eigenvalue weighted by Gasteiger charge is 1.93. The van der Waals surface area contributed by atoms with E-state index in [1.54, 1.807) is 12.1 Å². The Morgan fingerprint density at radius 2 is 2.42 bits per heavy atom. The van der Waals surface area contributed by atoms with Crippen molar-refractivity contribution < 1.29 is 4.74 Å². The second-order valence-corrected chi connectivity index (χ2v) is 2.13. The maximum absolute atomic E-state index is 8.45. The summed E-state index contributed by atoms with van der Waals surface area (Å²) in [6, 6.07) is 5.27. The molecule has 0 amide bonds. The summed E-state index contributed by atoms with van der Waals surface area (Å²) in [5.41, 5.74) is 5.75. The molecule has 0 aliphatic carbocycles. The second-order valence-electron chi connectivity index (χ2n) is 2.13. The van der Waals surface area contributed by atoms with Crippen LogP contribution in [0.25, 0.3) is 0 Å². The van der Waals surface area contributed by atoms with Gasteiger partial charge in [-0.3, -0.25) is 0 Å². The van der Waals surface area contributed by atoms with Gasteiger partial charge in [0, 0.05) is 18.8 Å². The minimum atomic E-state index is 0.443. The summed E-state index contributed by atoms with van der Waals surface area (Å²) in [6.07, 6.45) is 1.46. The summed E-state index contributed by atoms with van der Waals surface area (Å²) in [6.45, 7) is 0.903. The van der Waals surface area contributed by atoms with Gasteiger partial charge in [0.1, 0.15) is 12.7 Å². The number of aromatic nitrogens is 1. The summed E-state index contributed by atoms with van der Waals surface area (Å²) in [5, 5.41) is 8.45. The third kappa shape index (κ3) is 2.22. The van der Waals surface area contributed by atoms with Gasteiger partial charge in [-0.2, -0.15) is 5.26 Å². The van der Waals surface area contributed by atoms with E-state index in [1.165, 1.54) is 6.20 Å². The van der Waals surface area contributed by atoms with Gasteiger partial charge in [-0.25, -0.2) is 4.98 Å². The Labute approximate surface area is 70.6 Å². The van der Waals surface area contributed by atoms with Crippen LogP contribution in [0.3, 0.4) is 0 Å². The SMILES string of the molecule is N#Cc1ccc(OCCN)nc1. The Morgan fingerprint density at radius 3 is 2.92 bits per heavy atom. The molecule has 0 spiro atoms. The van der Waals surface area contributed by atoms with Gasteiger partial charge in [0.05, 0.1) is 5.56 Å². The van der Waals surface area contributed by atoms with E-state index in [-0.39, 0.29) is 0 Å². The van der Waals surface area contributed by atoms with E-state index in [4.69, 9.17) is 15.7 Å². The molecule has 0 bridgehead atoms. The van der Waals surface area contributed by atoms with Crippen LogP contribution in [0, 0.1) is 11.3 Å². The molecule has 0 saturated carbocycles. The third-order valence-corrected chi connectivity index (χ3v) is 1.23. The van der Waals surface area contributed by atoms with Gasteiger partial charge in [0.15, 0.2) is 0 Å². The van der Waals surface area contributed by atoms with Crippen LogP contribution in [0.5, 0.6) is 5.88 Å². The Kier molecular flexibility index (Phi) is 3.05. The molecule has 1 heterocycles. The number of hydrogen-bond donors (Lipinski definition) is 1. The Morgan fingerprint density at radius 1 is 1.58 bits per heavy atom. The van der Waals surface area contributed by atoms with Crippen molar-refractivity contribution in [3.8, 4) is 11.9 Å². The fourth-order valence-corrected chi connectivity index (χ4v) is 0.695. The molecule has 0 fully saturated rings. The summed E-state index contributed by atoms with van der Waals surface area (Å²) in [4.78, 5) is 3.89. The van der Waals surface area contributed by atoms with E-state index < -0.39 is 0 Å². The first-order valence-electron chi connectivity index (χ1n) is 3.56. The number of nitrogens with zero attached hydrogens (tertiary/aromatic N) is 2. The van der Waals surface area contributed by atoms with E-state index in [1.807, 2.05) is 6.07 Å². The van der Waals surface area contributed by atoms with E-state index in [0.29, 0.717) is 24.6 Å². The smallest absolute Gasteiger partial charge is 0.213 e. The molecular weight excluding hydrogens is 154 g/mol. The van der Waals surface area contributed by atoms with E-state index in [9.17, 15) is 0 Å². The van der Waals surface area contributed by atoms with Crippen LogP contribution in [0.4, 0.5) is 0 Å². The summed E-state index contributed by atoms with van der Waals surface area (Å²) in [7, 11) is 0. The average Bonchev–Trinajstić information content (AvgIpc) is 2.15. The number of nitrogens with two attached hydrogens (primary N) is 1. The summed E-state index contributed by atoms with van der Waals surface area (Å²) >= 11 is 0. The van der Waals surface area contributed by atoms with Crippen molar-refractivity contribution in [2.45, 2.75) is 0 Å². The Hall–Kier alpha value is -1.60. The monoisotopic (exact) mass is 163 g/mol. The van der Waals surface area contributed by atoms with Crippen LogP contribution in [0.1, 0.15) is 5.56 Å². The minimum Gasteiger partial charge on any atom is -0.476 e. The molecule has 0 aliphatic rings. The fourth-order valence-electron chi connectivity index (χ4n) is 0.695. The molecule has 0 aliphatic heterocycles. The van der Waals surface area contributed by atoms with E-state index in [0.717, 1.165) is 0 Å². The molecule has 12 heavy (non-hydrogen) atoms.